The Morgan fingerprint density at radius 2 is 2.09 bits per heavy atom. The van der Waals surface area contributed by atoms with Gasteiger partial charge in [0.25, 0.3) is 10.0 Å². The van der Waals surface area contributed by atoms with Crippen molar-refractivity contribution in [3.8, 4) is 16.9 Å². The van der Waals surface area contributed by atoms with Crippen LogP contribution in [0.5, 0.6) is 5.75 Å². The first-order chi connectivity index (χ1) is 15.7. The zero-order chi connectivity index (χ0) is 23.8. The minimum absolute atomic E-state index is 0.0180. The highest BCUT2D eigenvalue weighted by atomic mass is 32.2. The van der Waals surface area contributed by atoms with Gasteiger partial charge in [-0.2, -0.15) is 8.78 Å². The molecular weight excluding hydrogens is 459 g/mol. The van der Waals surface area contributed by atoms with Crippen LogP contribution in [-0.2, 0) is 10.0 Å². The summed E-state index contributed by atoms with van der Waals surface area (Å²) in [5.41, 5.74) is 7.44. The third-order valence-electron chi connectivity index (χ3n) is 5.30. The van der Waals surface area contributed by atoms with Crippen LogP contribution in [0.15, 0.2) is 65.2 Å². The SMILES string of the molecule is C[C@H](Oc1cc(-c2coc3ccnc(N)c23)ccc1NS(=O)(=O)C(F)F)C1C=CC(F)=CC1. The minimum atomic E-state index is -4.93. The number of hydrogen-bond donors (Lipinski definition) is 2. The highest BCUT2D eigenvalue weighted by molar-refractivity contribution is 7.93. The van der Waals surface area contributed by atoms with Crippen LogP contribution in [0.3, 0.4) is 0 Å². The molecule has 4 rings (SSSR count). The fourth-order valence-corrected chi connectivity index (χ4v) is 4.10. The number of nitrogens with two attached hydrogens (primary N) is 1. The van der Waals surface area contributed by atoms with Crippen molar-refractivity contribution >= 4 is 32.5 Å². The van der Waals surface area contributed by atoms with E-state index in [2.05, 4.69) is 4.98 Å². The van der Waals surface area contributed by atoms with Gasteiger partial charge in [-0.1, -0.05) is 12.1 Å². The largest absolute Gasteiger partial charge is 0.488 e. The van der Waals surface area contributed by atoms with Crippen molar-refractivity contribution in [3.05, 3.63) is 60.8 Å². The highest BCUT2D eigenvalue weighted by Crippen LogP contribution is 2.38. The average molecular weight is 479 g/mol. The molecule has 0 spiro atoms. The van der Waals surface area contributed by atoms with Crippen LogP contribution < -0.4 is 15.2 Å². The molecule has 0 saturated carbocycles. The van der Waals surface area contributed by atoms with Crippen molar-refractivity contribution < 1.29 is 30.7 Å². The van der Waals surface area contributed by atoms with Crippen LogP contribution in [0.2, 0.25) is 0 Å². The summed E-state index contributed by atoms with van der Waals surface area (Å²) in [6, 6.07) is 5.98. The van der Waals surface area contributed by atoms with Crippen molar-refractivity contribution in [3.63, 3.8) is 0 Å². The van der Waals surface area contributed by atoms with Gasteiger partial charge in [-0.25, -0.2) is 17.8 Å². The molecule has 0 radical (unpaired) electrons. The molecule has 2 atom stereocenters. The van der Waals surface area contributed by atoms with Crippen LogP contribution in [0, 0.1) is 5.92 Å². The van der Waals surface area contributed by atoms with E-state index in [-0.39, 0.29) is 29.0 Å². The maximum atomic E-state index is 13.3. The Labute approximate surface area is 187 Å². The van der Waals surface area contributed by atoms with Gasteiger partial charge in [0, 0.05) is 17.7 Å². The van der Waals surface area contributed by atoms with Gasteiger partial charge in [0.2, 0.25) is 0 Å². The first kappa shape index (κ1) is 22.7. The van der Waals surface area contributed by atoms with Crippen molar-refractivity contribution in [1.29, 1.82) is 0 Å². The molecule has 2 heterocycles. The molecule has 2 aromatic heterocycles. The minimum Gasteiger partial charge on any atom is -0.488 e. The van der Waals surface area contributed by atoms with E-state index in [0.717, 1.165) is 0 Å². The zero-order valence-corrected chi connectivity index (χ0v) is 18.2. The molecule has 0 amide bonds. The molecule has 1 aliphatic carbocycles. The molecule has 0 fully saturated rings. The van der Waals surface area contributed by atoms with Gasteiger partial charge < -0.3 is 14.9 Å². The number of nitrogens with zero attached hydrogens (tertiary/aromatic N) is 1. The van der Waals surface area contributed by atoms with E-state index >= 15 is 0 Å². The van der Waals surface area contributed by atoms with Gasteiger partial charge in [-0.15, -0.1) is 0 Å². The molecule has 0 bridgehead atoms. The number of ether oxygens (including phenoxy) is 1. The predicted molar refractivity (Wildman–Crippen MR) is 119 cm³/mol. The van der Waals surface area contributed by atoms with Gasteiger partial charge in [-0.05, 0) is 49.3 Å². The van der Waals surface area contributed by atoms with Crippen LogP contribution in [-0.4, -0.2) is 25.3 Å². The second kappa shape index (κ2) is 8.81. The highest BCUT2D eigenvalue weighted by Gasteiger charge is 2.27. The fourth-order valence-electron chi connectivity index (χ4n) is 3.54. The topological polar surface area (TPSA) is 107 Å². The fraction of sp³-hybridized carbons (Fsp3) is 0.227. The third kappa shape index (κ3) is 4.68. The standard InChI is InChI=1S/C22H20F3N3O4S/c1-12(13-2-5-15(23)6-3-13)32-19-10-14(4-7-17(19)28-33(29,30)22(24)25)16-11-31-18-8-9-27-21(26)20(16)18/h2,4-13,22,28H,3H2,1H3,(H2,26,27)/t12-,13?/m0/s1. The molecular formula is C22H20F3N3O4S. The molecule has 7 nitrogen and oxygen atoms in total. The molecule has 3 aromatic rings. The van der Waals surface area contributed by atoms with Gasteiger partial charge in [-0.3, -0.25) is 4.72 Å². The van der Waals surface area contributed by atoms with Gasteiger partial charge >= 0.3 is 5.76 Å². The smallest absolute Gasteiger partial charge is 0.355 e. The lowest BCUT2D eigenvalue weighted by Crippen LogP contribution is -2.25. The molecule has 0 aliphatic heterocycles. The Bertz CT molecular complexity index is 1350. The number of halogens is 3. The number of hydrogen-bond acceptors (Lipinski definition) is 6. The Hall–Kier alpha value is -3.47. The molecule has 3 N–H and O–H groups in total. The zero-order valence-electron chi connectivity index (χ0n) is 17.3. The summed E-state index contributed by atoms with van der Waals surface area (Å²) in [5, 5.41) is 0.549. The first-order valence-corrected chi connectivity index (χ1v) is 11.5. The third-order valence-corrected chi connectivity index (χ3v) is 6.27. The van der Waals surface area contributed by atoms with Gasteiger partial charge in [0.15, 0.2) is 0 Å². The lowest BCUT2D eigenvalue weighted by atomic mass is 9.95. The molecule has 1 aliphatic rings. The number of nitrogens with one attached hydrogen (secondary N) is 1. The van der Waals surface area contributed by atoms with E-state index in [1.165, 1.54) is 42.8 Å². The van der Waals surface area contributed by atoms with E-state index in [1.807, 2.05) is 4.72 Å². The van der Waals surface area contributed by atoms with Crippen molar-refractivity contribution in [2.45, 2.75) is 25.2 Å². The molecule has 1 unspecified atom stereocenters. The van der Waals surface area contributed by atoms with Crippen molar-refractivity contribution in [2.24, 2.45) is 5.92 Å². The number of allylic oxidation sites excluding steroid dienone is 3. The second-order valence-electron chi connectivity index (χ2n) is 7.51. The summed E-state index contributed by atoms with van der Waals surface area (Å²) >= 11 is 0. The maximum absolute atomic E-state index is 13.3. The van der Waals surface area contributed by atoms with Crippen molar-refractivity contribution in [1.82, 2.24) is 4.98 Å². The molecule has 174 valence electrons. The van der Waals surface area contributed by atoms with Crippen LogP contribution in [0.25, 0.3) is 22.1 Å². The Morgan fingerprint density at radius 1 is 1.30 bits per heavy atom. The van der Waals surface area contributed by atoms with E-state index in [4.69, 9.17) is 14.9 Å². The molecule has 11 heteroatoms. The summed E-state index contributed by atoms with van der Waals surface area (Å²) in [5.74, 6) is -3.94. The van der Waals surface area contributed by atoms with E-state index in [1.54, 1.807) is 19.1 Å². The number of sulfonamides is 1. The summed E-state index contributed by atoms with van der Waals surface area (Å²) in [6.45, 7) is 1.72. The molecule has 1 aromatic carbocycles. The van der Waals surface area contributed by atoms with Crippen LogP contribution >= 0.6 is 0 Å². The van der Waals surface area contributed by atoms with E-state index in [0.29, 0.717) is 28.5 Å². The molecule has 0 saturated heterocycles. The van der Waals surface area contributed by atoms with Crippen LogP contribution in [0.1, 0.15) is 13.3 Å². The lowest BCUT2D eigenvalue weighted by Gasteiger charge is -2.25. The van der Waals surface area contributed by atoms with E-state index in [9.17, 15) is 21.6 Å². The quantitative estimate of drug-likeness (QED) is 0.480. The lowest BCUT2D eigenvalue weighted by molar-refractivity contribution is 0.176. The van der Waals surface area contributed by atoms with Gasteiger partial charge in [0.1, 0.15) is 29.1 Å². The number of furan rings is 1. The monoisotopic (exact) mass is 479 g/mol. The van der Waals surface area contributed by atoms with Gasteiger partial charge in [0.05, 0.1) is 17.3 Å². The summed E-state index contributed by atoms with van der Waals surface area (Å²) in [4.78, 5) is 4.06. The summed E-state index contributed by atoms with van der Waals surface area (Å²) < 4.78 is 76.2. The Kier molecular flexibility index (Phi) is 6.07. The number of aromatic nitrogens is 1. The van der Waals surface area contributed by atoms with Crippen LogP contribution in [0.4, 0.5) is 24.7 Å². The van der Waals surface area contributed by atoms with Crippen molar-refractivity contribution in [2.75, 3.05) is 10.5 Å². The predicted octanol–water partition coefficient (Wildman–Crippen LogP) is 5.24. The number of alkyl halides is 2. The van der Waals surface area contributed by atoms with E-state index < -0.39 is 21.9 Å². The molecule has 33 heavy (non-hydrogen) atoms. The number of anilines is 2. The number of nitrogen functional groups attached to an aromatic ring is 1. The normalized spacial score (nSPS) is 17.2. The maximum Gasteiger partial charge on any atom is 0.355 e. The number of fused-ring (bicyclic) bond motifs is 1. The number of rotatable bonds is 7. The summed E-state index contributed by atoms with van der Waals surface area (Å²) in [6.07, 6.45) is 7.18. The number of benzene rings is 1. The average Bonchev–Trinajstić information content (AvgIpc) is 3.21. The number of pyridine rings is 1. The second-order valence-corrected chi connectivity index (χ2v) is 9.16. The Balaban J connectivity index is 1.74. The summed E-state index contributed by atoms with van der Waals surface area (Å²) in [7, 11) is -4.93. The Morgan fingerprint density at radius 3 is 2.79 bits per heavy atom. The first-order valence-electron chi connectivity index (χ1n) is 9.92.